The molecule has 188 valence electrons. The molecule has 40 heavy (non-hydrogen) atoms. The molecule has 0 saturated heterocycles. The molecule has 8 aromatic rings. The smallest absolute Gasteiger partial charge is 0.170 e. The Morgan fingerprint density at radius 3 is 1.98 bits per heavy atom. The first-order chi connectivity index (χ1) is 19.8. The molecule has 0 N–H and O–H groups in total. The summed E-state index contributed by atoms with van der Waals surface area (Å²) in [5.74, 6) is 2.90. The molecule has 0 aliphatic carbocycles. The van der Waals surface area contributed by atoms with Crippen molar-refractivity contribution in [3.05, 3.63) is 127 Å². The SMILES string of the molecule is c1ccc2c(c1)Oc1ccc(-c3ccc4c(c3)c3ccccc3n4-c3cccc4c3oc3ccccc34)cc1O2. The zero-order valence-corrected chi connectivity index (χ0v) is 21.3. The van der Waals surface area contributed by atoms with Gasteiger partial charge in [-0.1, -0.05) is 72.8 Å². The molecule has 9 rings (SSSR count). The van der Waals surface area contributed by atoms with Crippen molar-refractivity contribution < 1.29 is 13.9 Å². The van der Waals surface area contributed by atoms with Crippen LogP contribution in [0.1, 0.15) is 0 Å². The van der Waals surface area contributed by atoms with Crippen molar-refractivity contribution in [2.45, 2.75) is 0 Å². The fourth-order valence-electron chi connectivity index (χ4n) is 6.03. The molecule has 4 heteroatoms. The summed E-state index contributed by atoms with van der Waals surface area (Å²) in [6.07, 6.45) is 0. The predicted molar refractivity (Wildman–Crippen MR) is 160 cm³/mol. The predicted octanol–water partition coefficient (Wildman–Crippen LogP) is 10.2. The summed E-state index contributed by atoms with van der Waals surface area (Å²) >= 11 is 0. The van der Waals surface area contributed by atoms with E-state index in [1.54, 1.807) is 0 Å². The van der Waals surface area contributed by atoms with E-state index in [2.05, 4.69) is 89.5 Å². The minimum absolute atomic E-state index is 0.718. The van der Waals surface area contributed by atoms with E-state index in [-0.39, 0.29) is 0 Å². The molecule has 0 bridgehead atoms. The van der Waals surface area contributed by atoms with E-state index in [4.69, 9.17) is 13.9 Å². The Kier molecular flexibility index (Phi) is 4.30. The number of ether oxygens (including phenoxy) is 2. The lowest BCUT2D eigenvalue weighted by Gasteiger charge is -2.21. The van der Waals surface area contributed by atoms with E-state index in [0.717, 1.165) is 72.8 Å². The Hall–Kier alpha value is -5.48. The molecule has 0 atom stereocenters. The molecule has 0 fully saturated rings. The van der Waals surface area contributed by atoms with Gasteiger partial charge in [-0.05, 0) is 65.7 Å². The van der Waals surface area contributed by atoms with Gasteiger partial charge in [0.25, 0.3) is 0 Å². The van der Waals surface area contributed by atoms with Gasteiger partial charge in [-0.2, -0.15) is 0 Å². The van der Waals surface area contributed by atoms with Crippen LogP contribution in [0, 0.1) is 0 Å². The van der Waals surface area contributed by atoms with Crippen molar-refractivity contribution in [1.29, 1.82) is 0 Å². The Morgan fingerprint density at radius 1 is 0.425 bits per heavy atom. The zero-order valence-electron chi connectivity index (χ0n) is 21.3. The van der Waals surface area contributed by atoms with Crippen LogP contribution in [0.3, 0.4) is 0 Å². The van der Waals surface area contributed by atoms with Crippen LogP contribution in [0.4, 0.5) is 0 Å². The Balaban J connectivity index is 1.24. The third kappa shape index (κ3) is 3.01. The highest BCUT2D eigenvalue weighted by molar-refractivity contribution is 6.13. The van der Waals surface area contributed by atoms with Gasteiger partial charge >= 0.3 is 0 Å². The first-order valence-corrected chi connectivity index (χ1v) is 13.3. The van der Waals surface area contributed by atoms with Crippen LogP contribution in [0.2, 0.25) is 0 Å². The Bertz CT molecular complexity index is 2290. The number of aromatic nitrogens is 1. The summed E-state index contributed by atoms with van der Waals surface area (Å²) in [5.41, 5.74) is 7.27. The highest BCUT2D eigenvalue weighted by Gasteiger charge is 2.20. The van der Waals surface area contributed by atoms with Crippen LogP contribution in [0.15, 0.2) is 132 Å². The molecule has 4 nitrogen and oxygen atoms in total. The summed E-state index contributed by atoms with van der Waals surface area (Å²) in [6.45, 7) is 0. The van der Waals surface area contributed by atoms with E-state index in [9.17, 15) is 0 Å². The molecule has 0 saturated carbocycles. The number of nitrogens with zero attached hydrogens (tertiary/aromatic N) is 1. The summed E-state index contributed by atoms with van der Waals surface area (Å²) < 4.78 is 21.0. The fourth-order valence-corrected chi connectivity index (χ4v) is 6.03. The van der Waals surface area contributed by atoms with Gasteiger partial charge in [-0.25, -0.2) is 0 Å². The van der Waals surface area contributed by atoms with Crippen LogP contribution in [-0.2, 0) is 0 Å². The number of hydrogen-bond acceptors (Lipinski definition) is 3. The molecular weight excluding hydrogens is 494 g/mol. The van der Waals surface area contributed by atoms with Gasteiger partial charge in [0.2, 0.25) is 0 Å². The molecule has 2 aromatic heterocycles. The van der Waals surface area contributed by atoms with Crippen molar-refractivity contribution in [2.75, 3.05) is 0 Å². The van der Waals surface area contributed by atoms with Crippen LogP contribution < -0.4 is 9.47 Å². The van der Waals surface area contributed by atoms with Gasteiger partial charge in [0, 0.05) is 21.5 Å². The first kappa shape index (κ1) is 21.5. The summed E-state index contributed by atoms with van der Waals surface area (Å²) in [5, 5.41) is 4.62. The molecule has 1 aliphatic heterocycles. The maximum atomic E-state index is 6.43. The standard InChI is InChI=1S/C36H21NO3/c1-3-11-28-24(8-1)27-20-22(23-17-19-34-35(21-23)39-33-15-6-5-14-32(33)38-34)16-18-29(27)37(28)30-12-7-10-26-25-9-2-4-13-31(25)40-36(26)30/h1-21H. The van der Waals surface area contributed by atoms with Crippen molar-refractivity contribution in [2.24, 2.45) is 0 Å². The fraction of sp³-hybridized carbons (Fsp3) is 0. The van der Waals surface area contributed by atoms with Gasteiger partial charge in [-0.15, -0.1) is 0 Å². The second kappa shape index (κ2) is 8.01. The van der Waals surface area contributed by atoms with E-state index in [1.165, 1.54) is 10.8 Å². The molecule has 1 aliphatic rings. The van der Waals surface area contributed by atoms with E-state index in [1.807, 2.05) is 42.5 Å². The van der Waals surface area contributed by atoms with Crippen LogP contribution >= 0.6 is 0 Å². The van der Waals surface area contributed by atoms with Crippen LogP contribution in [-0.4, -0.2) is 4.57 Å². The number of hydrogen-bond donors (Lipinski definition) is 0. The number of fused-ring (bicyclic) bond motifs is 8. The normalized spacial score (nSPS) is 12.4. The van der Waals surface area contributed by atoms with Crippen molar-refractivity contribution in [3.8, 4) is 39.8 Å². The summed E-state index contributed by atoms with van der Waals surface area (Å²) in [4.78, 5) is 0. The third-order valence-corrected chi connectivity index (χ3v) is 7.86. The van der Waals surface area contributed by atoms with E-state index < -0.39 is 0 Å². The largest absolute Gasteiger partial charge is 0.454 e. The molecule has 0 spiro atoms. The van der Waals surface area contributed by atoms with Gasteiger partial charge in [0.05, 0.1) is 16.7 Å². The van der Waals surface area contributed by atoms with E-state index >= 15 is 0 Å². The highest BCUT2D eigenvalue weighted by atomic mass is 16.6. The number of furan rings is 1. The molecular formula is C36H21NO3. The maximum Gasteiger partial charge on any atom is 0.170 e. The minimum Gasteiger partial charge on any atom is -0.454 e. The lowest BCUT2D eigenvalue weighted by atomic mass is 10.0. The number of rotatable bonds is 2. The molecule has 6 aromatic carbocycles. The summed E-state index contributed by atoms with van der Waals surface area (Å²) in [7, 11) is 0. The van der Waals surface area contributed by atoms with Gasteiger partial charge in [0.15, 0.2) is 28.6 Å². The molecule has 0 radical (unpaired) electrons. The van der Waals surface area contributed by atoms with Crippen LogP contribution in [0.25, 0.3) is 60.6 Å². The number of para-hydroxylation sites is 5. The monoisotopic (exact) mass is 515 g/mol. The second-order valence-corrected chi connectivity index (χ2v) is 10.1. The van der Waals surface area contributed by atoms with Gasteiger partial charge in [0.1, 0.15) is 5.58 Å². The third-order valence-electron chi connectivity index (χ3n) is 7.86. The minimum atomic E-state index is 0.718. The molecule has 0 unspecified atom stereocenters. The maximum absolute atomic E-state index is 6.43. The Morgan fingerprint density at radius 2 is 1.07 bits per heavy atom. The molecule has 3 heterocycles. The first-order valence-electron chi connectivity index (χ1n) is 13.3. The lowest BCUT2D eigenvalue weighted by molar-refractivity contribution is 0.360. The second-order valence-electron chi connectivity index (χ2n) is 10.1. The average molecular weight is 516 g/mol. The van der Waals surface area contributed by atoms with Gasteiger partial charge in [-0.3, -0.25) is 0 Å². The quantitative estimate of drug-likeness (QED) is 0.230. The van der Waals surface area contributed by atoms with E-state index in [0.29, 0.717) is 0 Å². The topological polar surface area (TPSA) is 36.5 Å². The van der Waals surface area contributed by atoms with Crippen LogP contribution in [0.5, 0.6) is 23.0 Å². The van der Waals surface area contributed by atoms with Crippen molar-refractivity contribution >= 4 is 43.7 Å². The lowest BCUT2D eigenvalue weighted by Crippen LogP contribution is -1.98. The van der Waals surface area contributed by atoms with Crippen molar-refractivity contribution in [3.63, 3.8) is 0 Å². The number of benzene rings is 6. The zero-order chi connectivity index (χ0) is 26.2. The Labute approximate surface area is 229 Å². The van der Waals surface area contributed by atoms with Gasteiger partial charge < -0.3 is 18.5 Å². The average Bonchev–Trinajstić information content (AvgIpc) is 3.55. The highest BCUT2D eigenvalue weighted by Crippen LogP contribution is 2.47. The summed E-state index contributed by atoms with van der Waals surface area (Å²) in [6, 6.07) is 43.7. The molecule has 0 amide bonds. The van der Waals surface area contributed by atoms with Crippen molar-refractivity contribution in [1.82, 2.24) is 4.57 Å².